The number of halogens is 2. The van der Waals surface area contributed by atoms with E-state index in [2.05, 4.69) is 15.0 Å². The van der Waals surface area contributed by atoms with Crippen molar-refractivity contribution in [2.45, 2.75) is 0 Å². The van der Waals surface area contributed by atoms with Gasteiger partial charge in [0.05, 0.1) is 19.8 Å². The van der Waals surface area contributed by atoms with Gasteiger partial charge < -0.3 is 9.47 Å². The highest BCUT2D eigenvalue weighted by Crippen LogP contribution is 2.31. The summed E-state index contributed by atoms with van der Waals surface area (Å²) in [5.74, 6) is 1.57. The molecule has 0 unspecified atom stereocenters. The van der Waals surface area contributed by atoms with Crippen LogP contribution in [0.15, 0.2) is 18.2 Å². The number of hydrogen-bond donors (Lipinski definition) is 0. The molecule has 0 aliphatic heterocycles. The monoisotopic (exact) mass is 285 g/mol. The summed E-state index contributed by atoms with van der Waals surface area (Å²) >= 11 is 11.5. The minimum atomic E-state index is 0.0230. The predicted octanol–water partition coefficient (Wildman–Crippen LogP) is 2.86. The van der Waals surface area contributed by atoms with Crippen LogP contribution in [0.3, 0.4) is 0 Å². The molecule has 0 saturated heterocycles. The van der Waals surface area contributed by atoms with Crippen molar-refractivity contribution in [2.75, 3.05) is 14.2 Å². The molecule has 2 rings (SSSR count). The van der Waals surface area contributed by atoms with Crippen LogP contribution in [0.2, 0.25) is 10.6 Å². The fraction of sp³-hybridized carbons (Fsp3) is 0.182. The van der Waals surface area contributed by atoms with Gasteiger partial charge in [0, 0.05) is 0 Å². The quantitative estimate of drug-likeness (QED) is 0.868. The first-order chi connectivity index (χ1) is 8.63. The van der Waals surface area contributed by atoms with Crippen LogP contribution in [-0.2, 0) is 0 Å². The van der Waals surface area contributed by atoms with Crippen LogP contribution in [0.25, 0.3) is 11.4 Å². The molecule has 0 saturated carbocycles. The summed E-state index contributed by atoms with van der Waals surface area (Å²) in [6.45, 7) is 0. The molecule has 5 nitrogen and oxygen atoms in total. The second kappa shape index (κ2) is 5.37. The Bertz CT molecular complexity index is 558. The number of nitrogens with zero attached hydrogens (tertiary/aromatic N) is 3. The van der Waals surface area contributed by atoms with E-state index in [4.69, 9.17) is 32.7 Å². The fourth-order valence-electron chi connectivity index (χ4n) is 1.44. The Kier molecular flexibility index (Phi) is 3.84. The molecular formula is C11H9Cl2N3O2. The third-order valence-electron chi connectivity index (χ3n) is 2.23. The molecule has 1 aromatic heterocycles. The van der Waals surface area contributed by atoms with Crippen molar-refractivity contribution in [2.24, 2.45) is 0 Å². The Balaban J connectivity index is 2.60. The van der Waals surface area contributed by atoms with Crippen molar-refractivity contribution in [1.29, 1.82) is 0 Å². The smallest absolute Gasteiger partial charge is 0.227 e. The van der Waals surface area contributed by atoms with Gasteiger partial charge in [-0.3, -0.25) is 0 Å². The van der Waals surface area contributed by atoms with Gasteiger partial charge in [-0.15, -0.1) is 0 Å². The molecule has 0 N–H and O–H groups in total. The topological polar surface area (TPSA) is 57.1 Å². The number of hydrogen-bond acceptors (Lipinski definition) is 5. The molecule has 1 heterocycles. The molecule has 0 aliphatic carbocycles. The van der Waals surface area contributed by atoms with Crippen LogP contribution < -0.4 is 9.47 Å². The Hall–Kier alpha value is -1.59. The zero-order chi connectivity index (χ0) is 13.1. The number of rotatable bonds is 3. The largest absolute Gasteiger partial charge is 0.497 e. The van der Waals surface area contributed by atoms with Crippen LogP contribution >= 0.6 is 23.2 Å². The van der Waals surface area contributed by atoms with Gasteiger partial charge in [0.1, 0.15) is 11.5 Å². The summed E-state index contributed by atoms with van der Waals surface area (Å²) in [5.41, 5.74) is 0.628. The van der Waals surface area contributed by atoms with Crippen LogP contribution in [0.4, 0.5) is 0 Å². The van der Waals surface area contributed by atoms with E-state index in [1.165, 1.54) is 0 Å². The summed E-state index contributed by atoms with van der Waals surface area (Å²) in [5, 5.41) is 0.0461. The Morgan fingerprint density at radius 2 is 1.61 bits per heavy atom. The van der Waals surface area contributed by atoms with Crippen LogP contribution in [0.5, 0.6) is 11.5 Å². The molecule has 18 heavy (non-hydrogen) atoms. The maximum Gasteiger partial charge on any atom is 0.227 e. The minimum Gasteiger partial charge on any atom is -0.497 e. The van der Waals surface area contributed by atoms with Gasteiger partial charge in [0.2, 0.25) is 10.6 Å². The van der Waals surface area contributed by atoms with E-state index < -0.39 is 0 Å². The van der Waals surface area contributed by atoms with Crippen molar-refractivity contribution in [3.63, 3.8) is 0 Å². The van der Waals surface area contributed by atoms with Gasteiger partial charge in [0.25, 0.3) is 0 Å². The average molecular weight is 286 g/mol. The van der Waals surface area contributed by atoms with Gasteiger partial charge in [-0.2, -0.15) is 15.0 Å². The van der Waals surface area contributed by atoms with Crippen molar-refractivity contribution in [3.05, 3.63) is 28.8 Å². The van der Waals surface area contributed by atoms with Crippen molar-refractivity contribution >= 4 is 23.2 Å². The molecule has 1 aromatic carbocycles. The van der Waals surface area contributed by atoms with Gasteiger partial charge in [-0.25, -0.2) is 0 Å². The molecule has 0 aliphatic rings. The first kappa shape index (κ1) is 12.9. The SMILES string of the molecule is COc1ccc(OC)c(-c2nc(Cl)nc(Cl)n2)c1. The molecule has 0 atom stereocenters. The Morgan fingerprint density at radius 3 is 2.17 bits per heavy atom. The lowest BCUT2D eigenvalue weighted by atomic mass is 10.2. The summed E-state index contributed by atoms with van der Waals surface area (Å²) in [7, 11) is 3.12. The van der Waals surface area contributed by atoms with E-state index in [0.29, 0.717) is 22.9 Å². The molecule has 0 spiro atoms. The predicted molar refractivity (Wildman–Crippen MR) is 68.4 cm³/mol. The lowest BCUT2D eigenvalue weighted by Gasteiger charge is -2.09. The number of benzene rings is 1. The highest BCUT2D eigenvalue weighted by molar-refractivity contribution is 6.31. The van der Waals surface area contributed by atoms with Crippen molar-refractivity contribution in [1.82, 2.24) is 15.0 Å². The van der Waals surface area contributed by atoms with E-state index in [9.17, 15) is 0 Å². The summed E-state index contributed by atoms with van der Waals surface area (Å²) < 4.78 is 10.4. The molecule has 7 heteroatoms. The Labute approximate surface area is 114 Å². The van der Waals surface area contributed by atoms with Crippen molar-refractivity contribution < 1.29 is 9.47 Å². The van der Waals surface area contributed by atoms with Crippen molar-refractivity contribution in [3.8, 4) is 22.9 Å². The lowest BCUT2D eigenvalue weighted by molar-refractivity contribution is 0.404. The maximum atomic E-state index is 5.75. The molecule has 0 fully saturated rings. The molecule has 2 aromatic rings. The van der Waals surface area contributed by atoms with Crippen LogP contribution in [-0.4, -0.2) is 29.2 Å². The molecule has 0 amide bonds. The zero-order valence-corrected chi connectivity index (χ0v) is 11.2. The Morgan fingerprint density at radius 1 is 0.944 bits per heavy atom. The molecular weight excluding hydrogens is 277 g/mol. The molecule has 0 bridgehead atoms. The first-order valence-corrected chi connectivity index (χ1v) is 5.69. The van der Waals surface area contributed by atoms with E-state index in [-0.39, 0.29) is 10.6 Å². The van der Waals surface area contributed by atoms with E-state index in [1.807, 2.05) is 0 Å². The zero-order valence-electron chi connectivity index (χ0n) is 9.65. The summed E-state index contributed by atoms with van der Waals surface area (Å²) in [4.78, 5) is 11.7. The van der Waals surface area contributed by atoms with E-state index in [0.717, 1.165) is 0 Å². The molecule has 0 radical (unpaired) electrons. The lowest BCUT2D eigenvalue weighted by Crippen LogP contribution is -1.97. The van der Waals surface area contributed by atoms with Gasteiger partial charge in [-0.1, -0.05) is 0 Å². The highest BCUT2D eigenvalue weighted by atomic mass is 35.5. The second-order valence-electron chi connectivity index (χ2n) is 3.26. The molecule has 94 valence electrons. The van der Waals surface area contributed by atoms with Crippen LogP contribution in [0, 0.1) is 0 Å². The second-order valence-corrected chi connectivity index (χ2v) is 3.94. The first-order valence-electron chi connectivity index (χ1n) is 4.93. The van der Waals surface area contributed by atoms with Gasteiger partial charge in [0.15, 0.2) is 5.82 Å². The maximum absolute atomic E-state index is 5.75. The number of ether oxygens (including phenoxy) is 2. The minimum absolute atomic E-state index is 0.0230. The summed E-state index contributed by atoms with van der Waals surface area (Å²) in [6.07, 6.45) is 0. The number of methoxy groups -OCH3 is 2. The third kappa shape index (κ3) is 2.63. The normalized spacial score (nSPS) is 10.2. The number of aromatic nitrogens is 3. The average Bonchev–Trinajstić information content (AvgIpc) is 2.36. The third-order valence-corrected chi connectivity index (χ3v) is 2.57. The van der Waals surface area contributed by atoms with E-state index >= 15 is 0 Å². The fourth-order valence-corrected chi connectivity index (χ4v) is 1.80. The highest BCUT2D eigenvalue weighted by Gasteiger charge is 2.12. The van der Waals surface area contributed by atoms with Gasteiger partial charge >= 0.3 is 0 Å². The summed E-state index contributed by atoms with van der Waals surface area (Å²) in [6, 6.07) is 5.26. The van der Waals surface area contributed by atoms with E-state index in [1.54, 1.807) is 32.4 Å². The standard InChI is InChI=1S/C11H9Cl2N3O2/c1-17-6-3-4-8(18-2)7(5-6)9-14-10(12)16-11(13)15-9/h3-5H,1-2H3. The van der Waals surface area contributed by atoms with Gasteiger partial charge in [-0.05, 0) is 41.4 Å². The van der Waals surface area contributed by atoms with Crippen LogP contribution in [0.1, 0.15) is 0 Å².